The largest absolute Gasteiger partial charge is 0.355 e. The van der Waals surface area contributed by atoms with Crippen LogP contribution < -0.4 is 4.90 Å². The molecule has 0 aliphatic carbocycles. The van der Waals surface area contributed by atoms with E-state index in [9.17, 15) is 4.79 Å². The van der Waals surface area contributed by atoms with Crippen LogP contribution in [0, 0.1) is 5.92 Å². The molecule has 0 saturated carbocycles. The number of aromatic nitrogens is 5. The van der Waals surface area contributed by atoms with Crippen LogP contribution in [-0.2, 0) is 17.9 Å². The first-order valence-corrected chi connectivity index (χ1v) is 11.6. The van der Waals surface area contributed by atoms with E-state index in [4.69, 9.17) is 0 Å². The summed E-state index contributed by atoms with van der Waals surface area (Å²) < 4.78 is 1.58. The third-order valence-electron chi connectivity index (χ3n) is 6.20. The molecular formula is C26H27N7O. The molecule has 4 aromatic rings. The molecule has 1 aliphatic rings. The lowest BCUT2D eigenvalue weighted by atomic mass is 9.94. The van der Waals surface area contributed by atoms with Gasteiger partial charge in [-0.25, -0.2) is 9.67 Å². The molecule has 8 heteroatoms. The Kier molecular flexibility index (Phi) is 6.56. The molecule has 8 nitrogen and oxygen atoms in total. The molecule has 1 fully saturated rings. The molecular weight excluding hydrogens is 426 g/mol. The average Bonchev–Trinajstić information content (AvgIpc) is 3.45. The summed E-state index contributed by atoms with van der Waals surface area (Å²) in [5, 5.41) is 12.7. The van der Waals surface area contributed by atoms with Gasteiger partial charge in [0.25, 0.3) is 0 Å². The van der Waals surface area contributed by atoms with Crippen LogP contribution in [0.2, 0.25) is 0 Å². The molecule has 0 bridgehead atoms. The third kappa shape index (κ3) is 5.11. The molecule has 1 saturated heterocycles. The maximum atomic E-state index is 13.6. The van der Waals surface area contributed by atoms with Crippen LogP contribution in [0.3, 0.4) is 0 Å². The first kappa shape index (κ1) is 21.8. The first-order chi connectivity index (χ1) is 16.8. The Labute approximate surface area is 198 Å². The molecule has 172 valence electrons. The summed E-state index contributed by atoms with van der Waals surface area (Å²) in [6.45, 7) is 2.78. The van der Waals surface area contributed by atoms with Crippen molar-refractivity contribution in [1.29, 1.82) is 0 Å². The van der Waals surface area contributed by atoms with E-state index < -0.39 is 0 Å². The summed E-state index contributed by atoms with van der Waals surface area (Å²) in [5.41, 5.74) is 2.29. The number of amides is 1. The number of anilines is 1. The van der Waals surface area contributed by atoms with Crippen LogP contribution in [0.15, 0.2) is 85.5 Å². The first-order valence-electron chi connectivity index (χ1n) is 11.6. The van der Waals surface area contributed by atoms with Gasteiger partial charge in [0, 0.05) is 32.1 Å². The molecule has 5 rings (SSSR count). The Morgan fingerprint density at radius 3 is 1.94 bits per heavy atom. The quantitative estimate of drug-likeness (QED) is 0.426. The molecule has 0 spiro atoms. The van der Waals surface area contributed by atoms with E-state index in [1.165, 1.54) is 6.33 Å². The minimum absolute atomic E-state index is 0.00561. The van der Waals surface area contributed by atoms with Crippen molar-refractivity contribution in [3.05, 3.63) is 96.6 Å². The second-order valence-electron chi connectivity index (χ2n) is 8.52. The van der Waals surface area contributed by atoms with Crippen LogP contribution in [0.4, 0.5) is 5.82 Å². The fourth-order valence-electron chi connectivity index (χ4n) is 4.37. The van der Waals surface area contributed by atoms with Crippen molar-refractivity contribution in [1.82, 2.24) is 29.9 Å². The predicted octanol–water partition coefficient (Wildman–Crippen LogP) is 3.50. The summed E-state index contributed by atoms with van der Waals surface area (Å²) in [6.07, 6.45) is 4.66. The van der Waals surface area contributed by atoms with Gasteiger partial charge in [0.15, 0.2) is 11.6 Å². The zero-order chi connectivity index (χ0) is 23.2. The zero-order valence-electron chi connectivity index (χ0n) is 18.9. The van der Waals surface area contributed by atoms with E-state index in [0.717, 1.165) is 42.9 Å². The van der Waals surface area contributed by atoms with Gasteiger partial charge in [-0.3, -0.25) is 4.79 Å². The highest BCUT2D eigenvalue weighted by atomic mass is 16.2. The van der Waals surface area contributed by atoms with Crippen LogP contribution in [-0.4, -0.2) is 48.9 Å². The lowest BCUT2D eigenvalue weighted by Crippen LogP contribution is -2.42. The standard InChI is InChI=1S/C26H27N7O/c34-26(32(17-21-7-3-1-4-8-21)18-22-9-5-2-6-10-22)23-13-15-31(16-14-23)24-11-12-25(30-29-24)33-20-27-19-28-33/h1-12,19-20,23H,13-18H2. The number of carbonyl (C=O) groups excluding carboxylic acids is 1. The minimum Gasteiger partial charge on any atom is -0.355 e. The third-order valence-corrected chi connectivity index (χ3v) is 6.20. The smallest absolute Gasteiger partial charge is 0.226 e. The van der Waals surface area contributed by atoms with Gasteiger partial charge >= 0.3 is 0 Å². The second-order valence-corrected chi connectivity index (χ2v) is 8.52. The molecule has 1 amide bonds. The van der Waals surface area contributed by atoms with Gasteiger partial charge in [-0.05, 0) is 36.1 Å². The summed E-state index contributed by atoms with van der Waals surface area (Å²) in [6, 6.07) is 24.2. The zero-order valence-corrected chi connectivity index (χ0v) is 18.9. The molecule has 0 unspecified atom stereocenters. The molecule has 0 radical (unpaired) electrons. The van der Waals surface area contributed by atoms with Crippen molar-refractivity contribution >= 4 is 11.7 Å². The SMILES string of the molecule is O=C(C1CCN(c2ccc(-n3cncn3)nn2)CC1)N(Cc1ccccc1)Cc1ccccc1. The van der Waals surface area contributed by atoms with Crippen molar-refractivity contribution < 1.29 is 4.79 Å². The van der Waals surface area contributed by atoms with Crippen molar-refractivity contribution in [3.8, 4) is 5.82 Å². The van der Waals surface area contributed by atoms with Gasteiger partial charge in [0.2, 0.25) is 5.91 Å². The Bertz CT molecular complexity index is 1130. The van der Waals surface area contributed by atoms with Crippen LogP contribution in [0.1, 0.15) is 24.0 Å². The molecule has 2 aromatic carbocycles. The normalized spacial score (nSPS) is 14.2. The van der Waals surface area contributed by atoms with E-state index in [1.54, 1.807) is 11.0 Å². The summed E-state index contributed by atoms with van der Waals surface area (Å²) >= 11 is 0. The molecule has 3 heterocycles. The number of hydrogen-bond acceptors (Lipinski definition) is 6. The van der Waals surface area contributed by atoms with Crippen LogP contribution >= 0.6 is 0 Å². The monoisotopic (exact) mass is 453 g/mol. The van der Waals surface area contributed by atoms with E-state index in [-0.39, 0.29) is 11.8 Å². The van der Waals surface area contributed by atoms with E-state index in [1.807, 2.05) is 53.4 Å². The number of nitrogens with zero attached hydrogens (tertiary/aromatic N) is 7. The average molecular weight is 454 g/mol. The van der Waals surface area contributed by atoms with E-state index in [0.29, 0.717) is 18.9 Å². The number of carbonyl (C=O) groups is 1. The molecule has 0 atom stereocenters. The Morgan fingerprint density at radius 1 is 0.824 bits per heavy atom. The van der Waals surface area contributed by atoms with Crippen molar-refractivity contribution in [2.45, 2.75) is 25.9 Å². The number of rotatable bonds is 7. The number of benzene rings is 2. The number of piperidine rings is 1. The van der Waals surface area contributed by atoms with Gasteiger partial charge in [-0.1, -0.05) is 60.7 Å². The second kappa shape index (κ2) is 10.2. The maximum absolute atomic E-state index is 13.6. The van der Waals surface area contributed by atoms with Crippen LogP contribution in [0.25, 0.3) is 5.82 Å². The van der Waals surface area contributed by atoms with E-state index in [2.05, 4.69) is 49.4 Å². The van der Waals surface area contributed by atoms with E-state index >= 15 is 0 Å². The minimum atomic E-state index is 0.00561. The van der Waals surface area contributed by atoms with Crippen molar-refractivity contribution in [3.63, 3.8) is 0 Å². The van der Waals surface area contributed by atoms with Gasteiger partial charge in [-0.15, -0.1) is 10.2 Å². The Balaban J connectivity index is 1.24. The summed E-state index contributed by atoms with van der Waals surface area (Å²) in [4.78, 5) is 21.7. The predicted molar refractivity (Wildman–Crippen MR) is 129 cm³/mol. The summed E-state index contributed by atoms with van der Waals surface area (Å²) in [5.74, 6) is 1.68. The number of hydrogen-bond donors (Lipinski definition) is 0. The van der Waals surface area contributed by atoms with Crippen LogP contribution in [0.5, 0.6) is 0 Å². The topological polar surface area (TPSA) is 80.0 Å². The lowest BCUT2D eigenvalue weighted by molar-refractivity contribution is -0.137. The highest BCUT2D eigenvalue weighted by molar-refractivity contribution is 5.79. The highest BCUT2D eigenvalue weighted by Gasteiger charge is 2.29. The maximum Gasteiger partial charge on any atom is 0.226 e. The van der Waals surface area contributed by atoms with Crippen molar-refractivity contribution in [2.24, 2.45) is 5.92 Å². The molecule has 0 N–H and O–H groups in total. The fraction of sp³-hybridized carbons (Fsp3) is 0.269. The molecule has 2 aromatic heterocycles. The van der Waals surface area contributed by atoms with Gasteiger partial charge in [0.05, 0.1) is 0 Å². The highest BCUT2D eigenvalue weighted by Crippen LogP contribution is 2.25. The van der Waals surface area contributed by atoms with Gasteiger partial charge in [0.1, 0.15) is 12.7 Å². The summed E-state index contributed by atoms with van der Waals surface area (Å²) in [7, 11) is 0. The fourth-order valence-corrected chi connectivity index (χ4v) is 4.37. The van der Waals surface area contributed by atoms with Crippen molar-refractivity contribution in [2.75, 3.05) is 18.0 Å². The van der Waals surface area contributed by atoms with Gasteiger partial charge in [-0.2, -0.15) is 5.10 Å². The lowest BCUT2D eigenvalue weighted by Gasteiger charge is -2.34. The molecule has 34 heavy (non-hydrogen) atoms. The Morgan fingerprint density at radius 2 is 1.41 bits per heavy atom. The Hall–Kier alpha value is -4.07. The van der Waals surface area contributed by atoms with Gasteiger partial charge < -0.3 is 9.80 Å². The molecule has 1 aliphatic heterocycles.